The van der Waals surface area contributed by atoms with Crippen LogP contribution in [0.4, 0.5) is 0 Å². The zero-order chi connectivity index (χ0) is 17.7. The van der Waals surface area contributed by atoms with Gasteiger partial charge in [-0.1, -0.05) is 23.7 Å². The molecule has 1 heterocycles. The molecule has 0 aliphatic carbocycles. The van der Waals surface area contributed by atoms with Gasteiger partial charge in [0.05, 0.1) is 36.0 Å². The SMILES string of the molecule is Cn1cc(C(=N)C(C#N)C(c2ccc(Cl)cc2)C(C#N)C#N)cn1. The Morgan fingerprint density at radius 3 is 2.25 bits per heavy atom. The summed E-state index contributed by atoms with van der Waals surface area (Å²) in [4.78, 5) is 0. The number of benzene rings is 1. The van der Waals surface area contributed by atoms with Crippen LogP contribution in [0.1, 0.15) is 17.0 Å². The number of nitriles is 3. The van der Waals surface area contributed by atoms with Gasteiger partial charge >= 0.3 is 0 Å². The molecule has 24 heavy (non-hydrogen) atoms. The lowest BCUT2D eigenvalue weighted by molar-refractivity contribution is 0.560. The van der Waals surface area contributed by atoms with Gasteiger partial charge in [0, 0.05) is 29.7 Å². The van der Waals surface area contributed by atoms with Crippen molar-refractivity contribution in [3.63, 3.8) is 0 Å². The van der Waals surface area contributed by atoms with Gasteiger partial charge in [-0.25, -0.2) is 0 Å². The van der Waals surface area contributed by atoms with Gasteiger partial charge in [-0.15, -0.1) is 0 Å². The third-order valence-electron chi connectivity index (χ3n) is 3.72. The molecule has 2 unspecified atom stereocenters. The minimum atomic E-state index is -1.06. The first-order valence-electron chi connectivity index (χ1n) is 7.03. The van der Waals surface area contributed by atoms with Crippen LogP contribution in [0.2, 0.25) is 5.02 Å². The highest BCUT2D eigenvalue weighted by Crippen LogP contribution is 2.34. The number of rotatable bonds is 5. The van der Waals surface area contributed by atoms with Crippen LogP contribution in [0.5, 0.6) is 0 Å². The van der Waals surface area contributed by atoms with E-state index < -0.39 is 17.8 Å². The Balaban J connectivity index is 2.50. The molecular weight excluding hydrogens is 324 g/mol. The Kier molecular flexibility index (Phi) is 5.32. The van der Waals surface area contributed by atoms with Crippen molar-refractivity contribution in [3.8, 4) is 18.2 Å². The van der Waals surface area contributed by atoms with Crippen LogP contribution in [0.25, 0.3) is 0 Å². The third kappa shape index (κ3) is 3.43. The molecule has 0 aliphatic rings. The molecule has 2 atom stereocenters. The Morgan fingerprint density at radius 2 is 1.79 bits per heavy atom. The Hall–Kier alpha value is -3.14. The third-order valence-corrected chi connectivity index (χ3v) is 3.97. The van der Waals surface area contributed by atoms with Gasteiger partial charge in [-0.2, -0.15) is 20.9 Å². The minimum absolute atomic E-state index is 0.0287. The van der Waals surface area contributed by atoms with Crippen molar-refractivity contribution < 1.29 is 0 Å². The van der Waals surface area contributed by atoms with Crippen molar-refractivity contribution in [1.29, 1.82) is 21.2 Å². The fourth-order valence-corrected chi connectivity index (χ4v) is 2.64. The maximum absolute atomic E-state index is 9.63. The average molecular weight is 337 g/mol. The molecule has 118 valence electrons. The molecule has 0 saturated heterocycles. The summed E-state index contributed by atoms with van der Waals surface area (Å²) in [6.07, 6.45) is 3.11. The molecule has 0 spiro atoms. The number of halogens is 1. The number of hydrogen-bond donors (Lipinski definition) is 1. The second-order valence-corrected chi connectivity index (χ2v) is 5.67. The topological polar surface area (TPSA) is 113 Å². The molecule has 0 aliphatic heterocycles. The highest BCUT2D eigenvalue weighted by molar-refractivity contribution is 6.30. The van der Waals surface area contributed by atoms with E-state index in [-0.39, 0.29) is 5.71 Å². The molecule has 2 rings (SSSR count). The molecule has 0 radical (unpaired) electrons. The quantitative estimate of drug-likeness (QED) is 0.845. The number of hydrogen-bond acceptors (Lipinski definition) is 5. The summed E-state index contributed by atoms with van der Waals surface area (Å²) in [6, 6.07) is 12.6. The van der Waals surface area contributed by atoms with E-state index in [1.807, 2.05) is 12.1 Å². The fourth-order valence-electron chi connectivity index (χ4n) is 2.52. The summed E-state index contributed by atoms with van der Waals surface area (Å²) in [5.41, 5.74) is 1.13. The molecule has 1 N–H and O–H groups in total. The standard InChI is InChI=1S/C17H13ClN6/c1-24-10-13(9-23-24)17(22)15(8-21)16(12(6-19)7-20)11-2-4-14(18)5-3-11/h2-5,9-10,12,15-16,22H,1H3. The van der Waals surface area contributed by atoms with Gasteiger partial charge < -0.3 is 5.41 Å². The average Bonchev–Trinajstić information content (AvgIpc) is 3.02. The molecule has 6 nitrogen and oxygen atoms in total. The van der Waals surface area contributed by atoms with Gasteiger partial charge in [0.1, 0.15) is 5.92 Å². The van der Waals surface area contributed by atoms with E-state index in [1.54, 1.807) is 37.5 Å². The van der Waals surface area contributed by atoms with Gasteiger partial charge in [0.25, 0.3) is 0 Å². The summed E-state index contributed by atoms with van der Waals surface area (Å²) in [5, 5.41) is 41.1. The number of aromatic nitrogens is 2. The zero-order valence-corrected chi connectivity index (χ0v) is 13.6. The maximum atomic E-state index is 9.63. The van der Waals surface area contributed by atoms with Crippen LogP contribution < -0.4 is 0 Å². The van der Waals surface area contributed by atoms with Gasteiger partial charge in [-0.3, -0.25) is 4.68 Å². The van der Waals surface area contributed by atoms with Crippen LogP contribution in [0, 0.1) is 51.2 Å². The molecule has 0 fully saturated rings. The van der Waals surface area contributed by atoms with Gasteiger partial charge in [0.15, 0.2) is 0 Å². The Labute approximate surface area is 144 Å². The molecule has 1 aromatic heterocycles. The number of nitrogens with zero attached hydrogens (tertiary/aromatic N) is 5. The zero-order valence-electron chi connectivity index (χ0n) is 12.8. The predicted molar refractivity (Wildman–Crippen MR) is 88.0 cm³/mol. The van der Waals surface area contributed by atoms with Crippen molar-refractivity contribution in [3.05, 3.63) is 52.8 Å². The van der Waals surface area contributed by atoms with Crippen LogP contribution in [-0.4, -0.2) is 15.5 Å². The monoisotopic (exact) mass is 336 g/mol. The van der Waals surface area contributed by atoms with Gasteiger partial charge in [0.2, 0.25) is 0 Å². The number of aryl methyl sites for hydroxylation is 1. The molecule has 0 bridgehead atoms. The molecule has 1 aromatic carbocycles. The lowest BCUT2D eigenvalue weighted by Gasteiger charge is -2.23. The first-order valence-corrected chi connectivity index (χ1v) is 7.41. The first-order chi connectivity index (χ1) is 11.5. The van der Waals surface area contributed by atoms with Gasteiger partial charge in [-0.05, 0) is 17.7 Å². The summed E-state index contributed by atoms with van der Waals surface area (Å²) in [6.45, 7) is 0. The van der Waals surface area contributed by atoms with E-state index in [9.17, 15) is 15.8 Å². The van der Waals surface area contributed by atoms with E-state index >= 15 is 0 Å². The van der Waals surface area contributed by atoms with Crippen molar-refractivity contribution >= 4 is 17.3 Å². The normalized spacial score (nSPS) is 12.7. The van der Waals surface area contributed by atoms with Crippen LogP contribution >= 0.6 is 11.6 Å². The minimum Gasteiger partial charge on any atom is -0.303 e. The second kappa shape index (κ2) is 7.42. The smallest absolute Gasteiger partial charge is 0.141 e. The lowest BCUT2D eigenvalue weighted by atomic mass is 9.75. The van der Waals surface area contributed by atoms with E-state index in [4.69, 9.17) is 17.0 Å². The largest absolute Gasteiger partial charge is 0.303 e. The molecule has 0 saturated carbocycles. The molecule has 2 aromatic rings. The van der Waals surface area contributed by atoms with E-state index in [0.29, 0.717) is 16.1 Å². The number of nitrogens with one attached hydrogen (secondary N) is 1. The maximum Gasteiger partial charge on any atom is 0.141 e. The fraction of sp³-hybridized carbons (Fsp3) is 0.235. The predicted octanol–water partition coefficient (Wildman–Crippen LogP) is 3.03. The molecular formula is C17H13ClN6. The highest BCUT2D eigenvalue weighted by Gasteiger charge is 2.35. The lowest BCUT2D eigenvalue weighted by Crippen LogP contribution is -2.26. The van der Waals surface area contributed by atoms with Crippen molar-refractivity contribution in [2.75, 3.05) is 0 Å². The van der Waals surface area contributed by atoms with E-state index in [2.05, 4.69) is 11.2 Å². The summed E-state index contributed by atoms with van der Waals surface area (Å²) < 4.78 is 1.53. The molecule has 7 heteroatoms. The van der Waals surface area contributed by atoms with E-state index in [1.165, 1.54) is 10.9 Å². The summed E-state index contributed by atoms with van der Waals surface area (Å²) in [5.74, 6) is -2.78. The Bertz CT molecular complexity index is 848. The van der Waals surface area contributed by atoms with Crippen molar-refractivity contribution in [2.24, 2.45) is 18.9 Å². The van der Waals surface area contributed by atoms with E-state index in [0.717, 1.165) is 0 Å². The first kappa shape index (κ1) is 17.2. The Morgan fingerprint density at radius 1 is 1.17 bits per heavy atom. The second-order valence-electron chi connectivity index (χ2n) is 5.24. The van der Waals surface area contributed by atoms with Crippen LogP contribution in [-0.2, 0) is 7.05 Å². The van der Waals surface area contributed by atoms with Crippen LogP contribution in [0.3, 0.4) is 0 Å². The summed E-state index contributed by atoms with van der Waals surface area (Å²) in [7, 11) is 1.71. The summed E-state index contributed by atoms with van der Waals surface area (Å²) >= 11 is 5.89. The molecule has 0 amide bonds. The van der Waals surface area contributed by atoms with Crippen molar-refractivity contribution in [2.45, 2.75) is 5.92 Å². The van der Waals surface area contributed by atoms with Crippen LogP contribution in [0.15, 0.2) is 36.7 Å². The highest BCUT2D eigenvalue weighted by atomic mass is 35.5. The van der Waals surface area contributed by atoms with Crippen molar-refractivity contribution in [1.82, 2.24) is 9.78 Å².